The summed E-state index contributed by atoms with van der Waals surface area (Å²) in [4.78, 5) is 26.6. The van der Waals surface area contributed by atoms with Crippen LogP contribution in [0.4, 0.5) is 5.13 Å². The van der Waals surface area contributed by atoms with Gasteiger partial charge in [-0.25, -0.2) is 0 Å². The zero-order chi connectivity index (χ0) is 18.6. The van der Waals surface area contributed by atoms with Crippen molar-refractivity contribution in [3.05, 3.63) is 47.0 Å². The first-order valence-electron chi connectivity index (χ1n) is 9.35. The third-order valence-electron chi connectivity index (χ3n) is 4.99. The maximum Gasteiger partial charge on any atom is 0.246 e. The van der Waals surface area contributed by atoms with Crippen molar-refractivity contribution in [1.82, 2.24) is 15.1 Å². The first kappa shape index (κ1) is 17.9. The molecular formula is C20H22N4O2S. The number of nitrogens with one attached hydrogen (secondary N) is 1. The molecule has 7 heteroatoms. The molecule has 0 radical (unpaired) electrons. The number of hydrogen-bond acceptors (Lipinski definition) is 5. The Morgan fingerprint density at radius 1 is 1.07 bits per heavy atom. The summed E-state index contributed by atoms with van der Waals surface area (Å²) in [6.45, 7) is 1.19. The topological polar surface area (TPSA) is 75.2 Å². The quantitative estimate of drug-likeness (QED) is 0.805. The minimum absolute atomic E-state index is 0.00379. The number of benzene rings is 1. The second-order valence-electron chi connectivity index (χ2n) is 7.05. The van der Waals surface area contributed by atoms with Crippen molar-refractivity contribution < 1.29 is 9.59 Å². The van der Waals surface area contributed by atoms with E-state index in [1.165, 1.54) is 24.2 Å². The van der Waals surface area contributed by atoms with E-state index in [9.17, 15) is 9.59 Å². The highest BCUT2D eigenvalue weighted by Crippen LogP contribution is 2.42. The van der Waals surface area contributed by atoms with Crippen LogP contribution in [0.3, 0.4) is 0 Å². The number of piperidine rings is 1. The van der Waals surface area contributed by atoms with E-state index in [1.807, 2.05) is 36.4 Å². The summed E-state index contributed by atoms with van der Waals surface area (Å²) in [5, 5.41) is 12.7. The Kier molecular flexibility index (Phi) is 5.29. The lowest BCUT2D eigenvalue weighted by Gasteiger charge is -2.30. The van der Waals surface area contributed by atoms with Crippen LogP contribution in [0.1, 0.15) is 42.2 Å². The Morgan fingerprint density at radius 3 is 2.52 bits per heavy atom. The van der Waals surface area contributed by atoms with Gasteiger partial charge in [-0.3, -0.25) is 9.59 Å². The van der Waals surface area contributed by atoms with Gasteiger partial charge in [-0.1, -0.05) is 41.7 Å². The molecule has 1 saturated carbocycles. The predicted octanol–water partition coefficient (Wildman–Crippen LogP) is 3.31. The maximum atomic E-state index is 12.5. The summed E-state index contributed by atoms with van der Waals surface area (Å²) in [6, 6.07) is 9.76. The third kappa shape index (κ3) is 4.60. The van der Waals surface area contributed by atoms with E-state index in [1.54, 1.807) is 11.0 Å². The van der Waals surface area contributed by atoms with Gasteiger partial charge < -0.3 is 10.2 Å². The van der Waals surface area contributed by atoms with Crippen LogP contribution in [0.25, 0.3) is 6.08 Å². The Labute approximate surface area is 162 Å². The van der Waals surface area contributed by atoms with Crippen molar-refractivity contribution in [3.63, 3.8) is 0 Å². The second kappa shape index (κ2) is 8.00. The molecule has 2 aromatic rings. The first-order valence-corrected chi connectivity index (χ1v) is 10.2. The smallest absolute Gasteiger partial charge is 0.246 e. The number of aromatic nitrogens is 2. The molecule has 4 rings (SSSR count). The molecule has 0 unspecified atom stereocenters. The molecule has 1 aliphatic heterocycles. The lowest BCUT2D eigenvalue weighted by atomic mass is 9.96. The SMILES string of the molecule is O=C(Nc1nnc(C2CC2)s1)C1CCN(C(=O)C=Cc2ccccc2)CC1. The van der Waals surface area contributed by atoms with Crippen LogP contribution in [0, 0.1) is 5.92 Å². The monoisotopic (exact) mass is 382 g/mol. The number of anilines is 1. The van der Waals surface area contributed by atoms with E-state index >= 15 is 0 Å². The highest BCUT2D eigenvalue weighted by Gasteiger charge is 2.29. The fraction of sp³-hybridized carbons (Fsp3) is 0.400. The number of nitrogens with zero attached hydrogens (tertiary/aromatic N) is 3. The molecule has 1 aliphatic carbocycles. The largest absolute Gasteiger partial charge is 0.339 e. The van der Waals surface area contributed by atoms with Crippen molar-refractivity contribution in [2.75, 3.05) is 18.4 Å². The normalized spacial score (nSPS) is 18.0. The van der Waals surface area contributed by atoms with Crippen molar-refractivity contribution >= 4 is 34.4 Å². The van der Waals surface area contributed by atoms with E-state index in [-0.39, 0.29) is 17.7 Å². The van der Waals surface area contributed by atoms with Gasteiger partial charge in [0.15, 0.2) is 0 Å². The van der Waals surface area contributed by atoms with Gasteiger partial charge in [0.25, 0.3) is 0 Å². The van der Waals surface area contributed by atoms with E-state index in [2.05, 4.69) is 15.5 Å². The summed E-state index contributed by atoms with van der Waals surface area (Å²) in [7, 11) is 0. The number of likely N-dealkylation sites (tertiary alicyclic amines) is 1. The Bertz CT molecular complexity index is 837. The van der Waals surface area contributed by atoms with E-state index < -0.39 is 0 Å². The maximum absolute atomic E-state index is 12.5. The molecule has 2 amide bonds. The van der Waals surface area contributed by atoms with Gasteiger partial charge in [0.05, 0.1) is 0 Å². The number of carbonyl (C=O) groups is 2. The van der Waals surface area contributed by atoms with Gasteiger partial charge in [0.2, 0.25) is 16.9 Å². The fourth-order valence-corrected chi connectivity index (χ4v) is 4.10. The number of rotatable bonds is 5. The third-order valence-corrected chi connectivity index (χ3v) is 5.99. The molecular weight excluding hydrogens is 360 g/mol. The second-order valence-corrected chi connectivity index (χ2v) is 8.06. The minimum atomic E-state index is -0.0829. The first-order chi connectivity index (χ1) is 13.2. The zero-order valence-electron chi connectivity index (χ0n) is 15.0. The van der Waals surface area contributed by atoms with Crippen LogP contribution in [0.2, 0.25) is 0 Å². The van der Waals surface area contributed by atoms with Crippen molar-refractivity contribution in [3.8, 4) is 0 Å². The van der Waals surface area contributed by atoms with E-state index in [0.717, 1.165) is 10.6 Å². The van der Waals surface area contributed by atoms with Crippen LogP contribution < -0.4 is 5.32 Å². The van der Waals surface area contributed by atoms with Crippen LogP contribution in [0.5, 0.6) is 0 Å². The molecule has 2 fully saturated rings. The van der Waals surface area contributed by atoms with Crippen LogP contribution >= 0.6 is 11.3 Å². The van der Waals surface area contributed by atoms with Crippen LogP contribution in [0.15, 0.2) is 36.4 Å². The minimum Gasteiger partial charge on any atom is -0.339 e. The van der Waals surface area contributed by atoms with E-state index in [4.69, 9.17) is 0 Å². The number of carbonyl (C=O) groups excluding carboxylic acids is 2. The summed E-state index contributed by atoms with van der Waals surface area (Å²) in [5.41, 5.74) is 1.00. The number of hydrogen-bond donors (Lipinski definition) is 1. The average molecular weight is 382 g/mol. The molecule has 1 saturated heterocycles. The molecule has 1 aromatic carbocycles. The van der Waals surface area contributed by atoms with Crippen molar-refractivity contribution in [2.24, 2.45) is 5.92 Å². The molecule has 2 aliphatic rings. The van der Waals surface area contributed by atoms with Gasteiger partial charge >= 0.3 is 0 Å². The molecule has 0 spiro atoms. The van der Waals surface area contributed by atoms with Crippen LogP contribution in [-0.4, -0.2) is 40.0 Å². The Hall–Kier alpha value is -2.54. The average Bonchev–Trinajstić information content (AvgIpc) is 3.46. The van der Waals surface area contributed by atoms with E-state index in [0.29, 0.717) is 37.0 Å². The molecule has 140 valence electrons. The molecule has 6 nitrogen and oxygen atoms in total. The molecule has 2 heterocycles. The highest BCUT2D eigenvalue weighted by molar-refractivity contribution is 7.15. The van der Waals surface area contributed by atoms with Gasteiger partial charge in [0.1, 0.15) is 5.01 Å². The molecule has 1 N–H and O–H groups in total. The Balaban J connectivity index is 1.25. The standard InChI is InChI=1S/C20H22N4O2S/c25-17(9-6-14-4-2-1-3-5-14)24-12-10-15(11-13-24)18(26)21-20-23-22-19(27-20)16-7-8-16/h1-6,9,15-16H,7-8,10-13H2,(H,21,23,26). The lowest BCUT2D eigenvalue weighted by molar-refractivity contribution is -0.130. The summed E-state index contributed by atoms with van der Waals surface area (Å²) < 4.78 is 0. The summed E-state index contributed by atoms with van der Waals surface area (Å²) >= 11 is 1.48. The lowest BCUT2D eigenvalue weighted by Crippen LogP contribution is -2.40. The zero-order valence-corrected chi connectivity index (χ0v) is 15.8. The van der Waals surface area contributed by atoms with Gasteiger partial charge in [-0.2, -0.15) is 0 Å². The molecule has 27 heavy (non-hydrogen) atoms. The summed E-state index contributed by atoms with van der Waals surface area (Å²) in [6.07, 6.45) is 7.13. The molecule has 0 bridgehead atoms. The van der Waals surface area contributed by atoms with Gasteiger partial charge in [0, 0.05) is 31.0 Å². The fourth-order valence-electron chi connectivity index (χ4n) is 3.19. The molecule has 0 atom stereocenters. The summed E-state index contributed by atoms with van der Waals surface area (Å²) in [5.74, 6) is 0.447. The Morgan fingerprint density at radius 2 is 1.81 bits per heavy atom. The van der Waals surface area contributed by atoms with Gasteiger partial charge in [-0.15, -0.1) is 10.2 Å². The molecule has 1 aromatic heterocycles. The van der Waals surface area contributed by atoms with Gasteiger partial charge in [-0.05, 0) is 37.3 Å². The predicted molar refractivity (Wildman–Crippen MR) is 105 cm³/mol. The van der Waals surface area contributed by atoms with Crippen molar-refractivity contribution in [1.29, 1.82) is 0 Å². The number of amides is 2. The van der Waals surface area contributed by atoms with Crippen molar-refractivity contribution in [2.45, 2.75) is 31.6 Å². The van der Waals surface area contributed by atoms with Crippen LogP contribution in [-0.2, 0) is 9.59 Å². The highest BCUT2D eigenvalue weighted by atomic mass is 32.1.